The molecule has 1 atom stereocenters. The zero-order chi connectivity index (χ0) is 15.5. The molecule has 1 aromatic carbocycles. The lowest BCUT2D eigenvalue weighted by Gasteiger charge is -2.15. The molecule has 0 aliphatic carbocycles. The summed E-state index contributed by atoms with van der Waals surface area (Å²) < 4.78 is 29.8. The van der Waals surface area contributed by atoms with Crippen LogP contribution in [0.2, 0.25) is 0 Å². The van der Waals surface area contributed by atoms with Gasteiger partial charge in [-0.3, -0.25) is 0 Å². The first kappa shape index (κ1) is 15.6. The lowest BCUT2D eigenvalue weighted by molar-refractivity contribution is 0.405. The molecule has 0 aliphatic heterocycles. The molecule has 1 heterocycles. The summed E-state index contributed by atoms with van der Waals surface area (Å²) in [4.78, 5) is 4.20. The predicted molar refractivity (Wildman–Crippen MR) is 76.9 cm³/mol. The van der Waals surface area contributed by atoms with Crippen LogP contribution in [0.3, 0.4) is 0 Å². The minimum absolute atomic E-state index is 0.0413. The summed E-state index contributed by atoms with van der Waals surface area (Å²) >= 11 is 0. The molecular formula is C13H18N4O3S. The summed E-state index contributed by atoms with van der Waals surface area (Å²) in [7, 11) is -0.362. The minimum atomic E-state index is -3.39. The highest BCUT2D eigenvalue weighted by molar-refractivity contribution is 7.89. The van der Waals surface area contributed by atoms with Gasteiger partial charge in [0.05, 0.1) is 11.4 Å². The number of hydrogen-bond donors (Lipinski definition) is 1. The molecule has 2 aromatic rings. The fraction of sp³-hybridized carbons (Fsp3) is 0.385. The topological polar surface area (TPSA) is 88.3 Å². The Balaban J connectivity index is 2.05. The summed E-state index contributed by atoms with van der Waals surface area (Å²) in [5.41, 5.74) is 0.983. The second kappa shape index (κ2) is 6.33. The smallest absolute Gasteiger partial charge is 0.242 e. The second-order valence-corrected chi connectivity index (χ2v) is 6.96. The summed E-state index contributed by atoms with van der Waals surface area (Å²) in [5, 5.41) is 6.95. The Morgan fingerprint density at radius 3 is 2.48 bits per heavy atom. The fourth-order valence-corrected chi connectivity index (χ4v) is 2.67. The normalized spacial score (nSPS) is 13.5. The van der Waals surface area contributed by atoms with Crippen molar-refractivity contribution in [3.05, 3.63) is 42.0 Å². The van der Waals surface area contributed by atoms with Crippen molar-refractivity contribution in [3.63, 3.8) is 0 Å². The molecule has 0 aliphatic rings. The van der Waals surface area contributed by atoms with Crippen LogP contribution in [0.5, 0.6) is 0 Å². The van der Waals surface area contributed by atoms with E-state index in [0.717, 1.165) is 5.56 Å². The average molecular weight is 310 g/mol. The van der Waals surface area contributed by atoms with Crippen molar-refractivity contribution < 1.29 is 12.9 Å². The molecule has 0 radical (unpaired) electrons. The van der Waals surface area contributed by atoms with Crippen LogP contribution in [0.25, 0.3) is 0 Å². The maximum atomic E-state index is 12.0. The van der Waals surface area contributed by atoms with E-state index in [-0.39, 0.29) is 10.9 Å². The van der Waals surface area contributed by atoms with E-state index in [1.54, 1.807) is 24.3 Å². The van der Waals surface area contributed by atoms with E-state index in [9.17, 15) is 8.42 Å². The molecule has 0 saturated heterocycles. The van der Waals surface area contributed by atoms with Gasteiger partial charge in [-0.2, -0.15) is 4.98 Å². The van der Waals surface area contributed by atoms with E-state index >= 15 is 0 Å². The maximum Gasteiger partial charge on any atom is 0.242 e. The van der Waals surface area contributed by atoms with Gasteiger partial charge in [0.25, 0.3) is 0 Å². The van der Waals surface area contributed by atoms with Crippen molar-refractivity contribution in [1.82, 2.24) is 19.8 Å². The van der Waals surface area contributed by atoms with Gasteiger partial charge in [-0.1, -0.05) is 17.3 Å². The van der Waals surface area contributed by atoms with E-state index < -0.39 is 10.0 Å². The van der Waals surface area contributed by atoms with E-state index in [4.69, 9.17) is 0 Å². The van der Waals surface area contributed by atoms with Gasteiger partial charge in [0.1, 0.15) is 0 Å². The Bertz CT molecular complexity index is 666. The second-order valence-electron chi connectivity index (χ2n) is 4.81. The van der Waals surface area contributed by atoms with Gasteiger partial charge >= 0.3 is 0 Å². The van der Waals surface area contributed by atoms with Crippen LogP contribution in [0.4, 0.5) is 0 Å². The van der Waals surface area contributed by atoms with E-state index in [2.05, 4.69) is 20.0 Å². The number of sulfonamides is 1. The summed E-state index contributed by atoms with van der Waals surface area (Å²) in [5.74, 6) is 0.577. The molecule has 1 aromatic heterocycles. The van der Waals surface area contributed by atoms with Crippen molar-refractivity contribution in [1.29, 1.82) is 0 Å². The first-order valence-corrected chi connectivity index (χ1v) is 7.86. The molecule has 21 heavy (non-hydrogen) atoms. The van der Waals surface area contributed by atoms with Crippen LogP contribution < -0.4 is 5.32 Å². The third-order valence-electron chi connectivity index (χ3n) is 3.13. The number of nitrogens with one attached hydrogen (secondary N) is 1. The number of nitrogens with zero attached hydrogens (tertiary/aromatic N) is 3. The average Bonchev–Trinajstić information content (AvgIpc) is 2.98. The lowest BCUT2D eigenvalue weighted by atomic mass is 10.1. The first-order chi connectivity index (χ1) is 9.91. The monoisotopic (exact) mass is 310 g/mol. The standard InChI is InChI=1S/C13H18N4O3S/c1-10(14-8-13-15-9-20-16-13)11-4-6-12(7-5-11)21(18,19)17(2)3/h4-7,9-10,14H,8H2,1-3H3. The Labute approximate surface area is 124 Å². The molecule has 7 nitrogen and oxygen atoms in total. The van der Waals surface area contributed by atoms with Crippen LogP contribution >= 0.6 is 0 Å². The molecule has 0 amide bonds. The van der Waals surface area contributed by atoms with Gasteiger partial charge in [0, 0.05) is 20.1 Å². The molecule has 0 bridgehead atoms. The van der Waals surface area contributed by atoms with Crippen LogP contribution in [0.15, 0.2) is 40.1 Å². The first-order valence-electron chi connectivity index (χ1n) is 6.42. The van der Waals surface area contributed by atoms with Crippen molar-refractivity contribution in [2.75, 3.05) is 14.1 Å². The third-order valence-corrected chi connectivity index (χ3v) is 4.96. The molecule has 0 saturated carbocycles. The minimum Gasteiger partial charge on any atom is -0.343 e. The van der Waals surface area contributed by atoms with E-state index in [0.29, 0.717) is 12.4 Å². The van der Waals surface area contributed by atoms with Crippen LogP contribution in [-0.4, -0.2) is 37.0 Å². The Hall–Kier alpha value is -1.77. The predicted octanol–water partition coefficient (Wildman–Crippen LogP) is 1.17. The van der Waals surface area contributed by atoms with Gasteiger partial charge in [-0.15, -0.1) is 0 Å². The molecule has 2 rings (SSSR count). The quantitative estimate of drug-likeness (QED) is 0.861. The molecular weight excluding hydrogens is 292 g/mol. The third kappa shape index (κ3) is 3.66. The molecule has 1 N–H and O–H groups in total. The Morgan fingerprint density at radius 1 is 1.29 bits per heavy atom. The van der Waals surface area contributed by atoms with Crippen LogP contribution in [-0.2, 0) is 16.6 Å². The van der Waals surface area contributed by atoms with Crippen LogP contribution in [0.1, 0.15) is 24.4 Å². The van der Waals surface area contributed by atoms with Gasteiger partial charge in [-0.25, -0.2) is 12.7 Å². The number of aromatic nitrogens is 2. The highest BCUT2D eigenvalue weighted by Gasteiger charge is 2.17. The summed E-state index contributed by atoms with van der Waals surface area (Å²) in [6.07, 6.45) is 1.28. The molecule has 0 fully saturated rings. The molecule has 0 spiro atoms. The Morgan fingerprint density at radius 2 is 1.95 bits per heavy atom. The van der Waals surface area contributed by atoms with Crippen molar-refractivity contribution >= 4 is 10.0 Å². The van der Waals surface area contributed by atoms with Gasteiger partial charge in [0.2, 0.25) is 16.4 Å². The van der Waals surface area contributed by atoms with E-state index in [1.165, 1.54) is 24.8 Å². The lowest BCUT2D eigenvalue weighted by Crippen LogP contribution is -2.22. The SMILES string of the molecule is CC(NCc1ncon1)c1ccc(S(=O)(=O)N(C)C)cc1. The molecule has 114 valence electrons. The zero-order valence-electron chi connectivity index (χ0n) is 12.1. The Kier molecular flexibility index (Phi) is 4.71. The number of hydrogen-bond acceptors (Lipinski definition) is 6. The summed E-state index contributed by atoms with van der Waals surface area (Å²) in [6.45, 7) is 2.46. The van der Waals surface area contributed by atoms with Crippen LogP contribution in [0, 0.1) is 0 Å². The highest BCUT2D eigenvalue weighted by Crippen LogP contribution is 2.18. The fourth-order valence-electron chi connectivity index (χ4n) is 1.77. The number of benzene rings is 1. The maximum absolute atomic E-state index is 12.0. The summed E-state index contributed by atoms with van der Waals surface area (Å²) in [6, 6.07) is 6.85. The van der Waals surface area contributed by atoms with E-state index in [1.807, 2.05) is 6.92 Å². The van der Waals surface area contributed by atoms with Gasteiger partial charge < -0.3 is 9.84 Å². The van der Waals surface area contributed by atoms with Crippen molar-refractivity contribution in [3.8, 4) is 0 Å². The van der Waals surface area contributed by atoms with Crippen molar-refractivity contribution in [2.45, 2.75) is 24.4 Å². The van der Waals surface area contributed by atoms with Gasteiger partial charge in [0.15, 0.2) is 5.82 Å². The molecule has 1 unspecified atom stereocenters. The zero-order valence-corrected chi connectivity index (χ0v) is 13.0. The van der Waals surface area contributed by atoms with Gasteiger partial charge in [-0.05, 0) is 24.6 Å². The van der Waals surface area contributed by atoms with Crippen molar-refractivity contribution in [2.24, 2.45) is 0 Å². The highest BCUT2D eigenvalue weighted by atomic mass is 32.2. The number of rotatable bonds is 6. The molecule has 8 heteroatoms. The largest absolute Gasteiger partial charge is 0.343 e.